The lowest BCUT2D eigenvalue weighted by atomic mass is 9.93. The van der Waals surface area contributed by atoms with Crippen molar-refractivity contribution in [2.45, 2.75) is 103 Å². The maximum atomic E-state index is 14.8. The number of alkyl carbamates (subject to hydrolysis) is 1. The van der Waals surface area contributed by atoms with Crippen LogP contribution in [-0.2, 0) is 41.6 Å². The van der Waals surface area contributed by atoms with Gasteiger partial charge >= 0.3 is 12.1 Å². The summed E-state index contributed by atoms with van der Waals surface area (Å²) < 4.78 is 16.8. The number of hydrogen-bond acceptors (Lipinski definition) is 10. The molecule has 6 N–H and O–H groups in total. The first-order chi connectivity index (χ1) is 33.8. The van der Waals surface area contributed by atoms with E-state index >= 15 is 0 Å². The number of hydrogen-bond donors (Lipinski definition) is 6. The Hall–Kier alpha value is -7.43. The van der Waals surface area contributed by atoms with Crippen LogP contribution in [0.1, 0.15) is 99.8 Å². The zero-order chi connectivity index (χ0) is 51.8. The molecule has 4 unspecified atom stereocenters. The molecular formula is C54H68N6O11. The highest BCUT2D eigenvalue weighted by Gasteiger charge is 2.35. The zero-order valence-electron chi connectivity index (χ0n) is 41.9. The molecule has 6 amide bonds. The van der Waals surface area contributed by atoms with Crippen molar-refractivity contribution in [2.75, 3.05) is 40.9 Å². The molecule has 0 fully saturated rings. The highest BCUT2D eigenvalue weighted by Crippen LogP contribution is 2.40. The minimum Gasteiger partial charge on any atom is -0.496 e. The van der Waals surface area contributed by atoms with Gasteiger partial charge in [0.1, 0.15) is 35.2 Å². The Labute approximate surface area is 415 Å². The number of rotatable bonds is 19. The van der Waals surface area contributed by atoms with Crippen molar-refractivity contribution < 1.29 is 52.9 Å². The number of carboxylic acids is 1. The lowest BCUT2D eigenvalue weighted by molar-refractivity contribution is -0.143. The Morgan fingerprint density at radius 2 is 1.46 bits per heavy atom. The third-order valence-electron chi connectivity index (χ3n) is 12.0. The third-order valence-corrected chi connectivity index (χ3v) is 12.0. The smallest absolute Gasteiger partial charge is 0.407 e. The van der Waals surface area contributed by atoms with Crippen molar-refractivity contribution in [3.05, 3.63) is 107 Å². The fourth-order valence-corrected chi connectivity index (χ4v) is 8.12. The predicted molar refractivity (Wildman–Crippen MR) is 269 cm³/mol. The molecule has 0 saturated heterocycles. The van der Waals surface area contributed by atoms with E-state index in [9.17, 15) is 38.7 Å². The molecule has 0 aliphatic carbocycles. The summed E-state index contributed by atoms with van der Waals surface area (Å²) in [5, 5.41) is 23.4. The molecule has 4 bridgehead atoms. The minimum absolute atomic E-state index is 0.0582. The average Bonchev–Trinajstić information content (AvgIpc) is 3.34. The first kappa shape index (κ1) is 54.5. The van der Waals surface area contributed by atoms with Gasteiger partial charge in [0.05, 0.1) is 26.7 Å². The predicted octanol–water partition coefficient (Wildman–Crippen LogP) is 6.37. The number of fused-ring (bicyclic) bond motifs is 5. The number of aliphatic carboxylic acids is 1. The average molecular weight is 977 g/mol. The van der Waals surface area contributed by atoms with Crippen molar-refractivity contribution in [3.63, 3.8) is 0 Å². The first-order valence-electron chi connectivity index (χ1n) is 24.0. The molecule has 380 valence electrons. The van der Waals surface area contributed by atoms with Gasteiger partial charge in [0, 0.05) is 43.2 Å². The number of ether oxygens (including phenoxy) is 3. The maximum absolute atomic E-state index is 14.8. The summed E-state index contributed by atoms with van der Waals surface area (Å²) in [4.78, 5) is 95.4. The number of likely N-dealkylation sites (N-methyl/N-ethyl adjacent to an activating group) is 1. The molecule has 0 saturated carbocycles. The topological polar surface area (TPSA) is 231 Å². The molecule has 5 rings (SSSR count). The van der Waals surface area contributed by atoms with Gasteiger partial charge in [-0.2, -0.15) is 0 Å². The van der Waals surface area contributed by atoms with E-state index in [1.807, 2.05) is 12.1 Å². The standard InChI is InChI=1S/C54H68N6O11/c1-9-10-13-34-15-18-36(19-16-34)37-20-22-38(23-21-37)49(63)56-31-33(2)48(62)59-42(14-11-12-27-55-53(68)71-54(3,4)5)51(65)60(6)47-39-24-26-45(70-8)41(30-39)40-28-35(17-25-44(40)69-7)29-43(52(66)67)58-46(61)32-57-50(47)64/h15-26,28,30,33,42-43,47H,9-14,27,29,31-32H2,1-8H3,(H,55,68)(H,56,63)(H,57,64)(H,58,61)(H,59,62)(H,66,67). The van der Waals surface area contributed by atoms with Crippen LogP contribution in [0.25, 0.3) is 22.3 Å². The Bertz CT molecular complexity index is 2520. The molecule has 1 aliphatic heterocycles. The van der Waals surface area contributed by atoms with Crippen LogP contribution in [0.4, 0.5) is 4.79 Å². The van der Waals surface area contributed by atoms with Crippen molar-refractivity contribution >= 4 is 41.6 Å². The van der Waals surface area contributed by atoms with E-state index in [4.69, 9.17) is 14.2 Å². The molecule has 17 nitrogen and oxygen atoms in total. The quantitative estimate of drug-likeness (QED) is 0.0566. The number of unbranched alkanes of at least 4 members (excludes halogenated alkanes) is 2. The number of amides is 6. The van der Waals surface area contributed by atoms with Crippen LogP contribution in [0.3, 0.4) is 0 Å². The number of nitrogens with one attached hydrogen (secondary N) is 5. The van der Waals surface area contributed by atoms with E-state index in [0.717, 1.165) is 30.4 Å². The fourth-order valence-electron chi connectivity index (χ4n) is 8.12. The second-order valence-electron chi connectivity index (χ2n) is 18.7. The van der Waals surface area contributed by atoms with Gasteiger partial charge in [-0.15, -0.1) is 0 Å². The van der Waals surface area contributed by atoms with Crippen LogP contribution >= 0.6 is 0 Å². The van der Waals surface area contributed by atoms with E-state index in [-0.39, 0.29) is 31.8 Å². The Kier molecular flexibility index (Phi) is 19.5. The van der Waals surface area contributed by atoms with Crippen molar-refractivity contribution in [1.82, 2.24) is 31.5 Å². The number of aryl methyl sites for hydroxylation is 1. The SMILES string of the molecule is CCCCc1ccc(-c2ccc(C(=O)NCC(C)C(=O)NC(CCCCNC(=O)OC(C)(C)C)C(=O)N(C)C3C(=O)NCC(=O)NC(C(=O)O)Cc4ccc(OC)c(c4)-c4cc3ccc4OC)cc2)cc1. The van der Waals surface area contributed by atoms with Gasteiger partial charge in [-0.1, -0.05) is 68.8 Å². The molecule has 1 heterocycles. The van der Waals surface area contributed by atoms with E-state index < -0.39 is 71.9 Å². The van der Waals surface area contributed by atoms with Crippen LogP contribution in [0.15, 0.2) is 84.9 Å². The molecule has 0 radical (unpaired) electrons. The summed E-state index contributed by atoms with van der Waals surface area (Å²) in [6.45, 7) is 8.56. The Balaban J connectivity index is 1.38. The van der Waals surface area contributed by atoms with Crippen molar-refractivity contribution in [1.29, 1.82) is 0 Å². The van der Waals surface area contributed by atoms with Crippen molar-refractivity contribution in [3.8, 4) is 33.8 Å². The molecular weight excluding hydrogens is 909 g/mol. The number of nitrogens with zero attached hydrogens (tertiary/aromatic N) is 1. The second-order valence-corrected chi connectivity index (χ2v) is 18.7. The monoisotopic (exact) mass is 976 g/mol. The van der Waals surface area contributed by atoms with Gasteiger partial charge in [0.15, 0.2) is 0 Å². The molecule has 0 spiro atoms. The van der Waals surface area contributed by atoms with E-state index in [2.05, 4.69) is 57.8 Å². The zero-order valence-corrected chi connectivity index (χ0v) is 41.9. The largest absolute Gasteiger partial charge is 0.496 e. The number of benzene rings is 4. The van der Waals surface area contributed by atoms with E-state index in [0.29, 0.717) is 52.2 Å². The Morgan fingerprint density at radius 3 is 2.08 bits per heavy atom. The highest BCUT2D eigenvalue weighted by molar-refractivity contribution is 5.96. The lowest BCUT2D eigenvalue weighted by Crippen LogP contribution is -2.53. The summed E-state index contributed by atoms with van der Waals surface area (Å²) in [6, 6.07) is 21.6. The molecule has 4 atom stereocenters. The normalized spacial score (nSPS) is 15.6. The van der Waals surface area contributed by atoms with Crippen LogP contribution in [-0.4, -0.2) is 110 Å². The van der Waals surface area contributed by atoms with Gasteiger partial charge in [-0.25, -0.2) is 9.59 Å². The molecule has 17 heteroatoms. The summed E-state index contributed by atoms with van der Waals surface area (Å²) in [7, 11) is 4.35. The van der Waals surface area contributed by atoms with Crippen LogP contribution in [0.5, 0.6) is 11.5 Å². The third kappa shape index (κ3) is 15.5. The van der Waals surface area contributed by atoms with E-state index in [1.54, 1.807) is 76.2 Å². The molecule has 71 heavy (non-hydrogen) atoms. The fraction of sp³-hybridized carbons (Fsp3) is 0.426. The van der Waals surface area contributed by atoms with Crippen LogP contribution in [0.2, 0.25) is 0 Å². The first-order valence-corrected chi connectivity index (χ1v) is 24.0. The molecule has 4 aromatic rings. The van der Waals surface area contributed by atoms with Gasteiger partial charge in [0.2, 0.25) is 23.6 Å². The summed E-state index contributed by atoms with van der Waals surface area (Å²) in [5.41, 5.74) is 4.81. The van der Waals surface area contributed by atoms with Crippen LogP contribution in [0, 0.1) is 5.92 Å². The molecule has 1 aliphatic rings. The van der Waals surface area contributed by atoms with Gasteiger partial charge in [-0.3, -0.25) is 24.0 Å². The highest BCUT2D eigenvalue weighted by atomic mass is 16.6. The minimum atomic E-state index is -1.39. The number of methoxy groups -OCH3 is 2. The van der Waals surface area contributed by atoms with E-state index in [1.165, 1.54) is 31.7 Å². The summed E-state index contributed by atoms with van der Waals surface area (Å²) in [5.74, 6) is -4.42. The molecule has 0 aromatic heterocycles. The van der Waals surface area contributed by atoms with Crippen LogP contribution < -0.4 is 36.1 Å². The van der Waals surface area contributed by atoms with Gasteiger partial charge < -0.3 is 50.8 Å². The van der Waals surface area contributed by atoms with Crippen molar-refractivity contribution in [2.24, 2.45) is 5.92 Å². The molecule has 4 aromatic carbocycles. The number of carboxylic acid groups (broad SMARTS) is 1. The maximum Gasteiger partial charge on any atom is 0.407 e. The summed E-state index contributed by atoms with van der Waals surface area (Å²) >= 11 is 0. The van der Waals surface area contributed by atoms with Gasteiger partial charge in [-0.05, 0) is 117 Å². The number of carbonyl (C=O) groups excluding carboxylic acids is 6. The second kappa shape index (κ2) is 25.4. The Morgan fingerprint density at radius 1 is 0.831 bits per heavy atom. The van der Waals surface area contributed by atoms with Gasteiger partial charge in [0.25, 0.3) is 5.91 Å². The number of carbonyl (C=O) groups is 7. The summed E-state index contributed by atoms with van der Waals surface area (Å²) in [6.07, 6.45) is 3.42. The lowest BCUT2D eigenvalue weighted by Gasteiger charge is -2.32.